The average Bonchev–Trinajstić information content (AvgIpc) is 3.29. The van der Waals surface area contributed by atoms with E-state index in [0.29, 0.717) is 25.6 Å². The van der Waals surface area contributed by atoms with Gasteiger partial charge in [0.1, 0.15) is 11.4 Å². The molecule has 0 spiro atoms. The van der Waals surface area contributed by atoms with Crippen molar-refractivity contribution in [2.75, 3.05) is 26.0 Å². The molecule has 0 radical (unpaired) electrons. The van der Waals surface area contributed by atoms with Gasteiger partial charge in [0.15, 0.2) is 0 Å². The van der Waals surface area contributed by atoms with E-state index in [1.54, 1.807) is 4.90 Å². The van der Waals surface area contributed by atoms with Crippen LogP contribution in [-0.4, -0.2) is 60.5 Å². The number of ether oxygens (including phenoxy) is 1. The Balaban J connectivity index is 1.68. The molecule has 0 unspecified atom stereocenters. The molecule has 0 aromatic carbocycles. The Morgan fingerprint density at radius 1 is 1.13 bits per heavy atom. The second-order valence-electron chi connectivity index (χ2n) is 9.47. The van der Waals surface area contributed by atoms with Gasteiger partial charge < -0.3 is 14.2 Å². The van der Waals surface area contributed by atoms with Crippen molar-refractivity contribution in [3.8, 4) is 0 Å². The highest BCUT2D eigenvalue weighted by Crippen LogP contribution is 2.36. The van der Waals surface area contributed by atoms with E-state index in [2.05, 4.69) is 10.8 Å². The van der Waals surface area contributed by atoms with Gasteiger partial charge in [0.2, 0.25) is 0 Å². The van der Waals surface area contributed by atoms with Crippen LogP contribution in [0.15, 0.2) is 6.20 Å². The van der Waals surface area contributed by atoms with Gasteiger partial charge in [0.05, 0.1) is 18.6 Å². The van der Waals surface area contributed by atoms with E-state index < -0.39 is 15.7 Å². The lowest BCUT2D eigenvalue weighted by Crippen LogP contribution is -2.41. The summed E-state index contributed by atoms with van der Waals surface area (Å²) in [4.78, 5) is 19.1. The molecule has 0 atom stereocenters. The van der Waals surface area contributed by atoms with Crippen molar-refractivity contribution >= 4 is 16.2 Å². The summed E-state index contributed by atoms with van der Waals surface area (Å²) in [5.74, 6) is 1.71. The van der Waals surface area contributed by atoms with Gasteiger partial charge in [0, 0.05) is 37.7 Å². The third-order valence-electron chi connectivity index (χ3n) is 5.74. The molecule has 2 aliphatic rings. The van der Waals surface area contributed by atoms with Crippen molar-refractivity contribution in [2.45, 2.75) is 83.3 Å². The Labute approximate surface area is 180 Å². The lowest BCUT2D eigenvalue weighted by molar-refractivity contribution is 0.0202. The zero-order valence-electron chi connectivity index (χ0n) is 18.6. The lowest BCUT2D eigenvalue weighted by Gasteiger charge is -2.33. The van der Waals surface area contributed by atoms with Crippen LogP contribution in [0.4, 0.5) is 4.79 Å². The smallest absolute Gasteiger partial charge is 0.410 e. The molecule has 30 heavy (non-hydrogen) atoms. The van der Waals surface area contributed by atoms with Gasteiger partial charge in [-0.2, -0.15) is 8.42 Å². The van der Waals surface area contributed by atoms with Crippen molar-refractivity contribution in [1.29, 1.82) is 0 Å². The van der Waals surface area contributed by atoms with Gasteiger partial charge in [-0.3, -0.25) is 4.18 Å². The highest BCUT2D eigenvalue weighted by molar-refractivity contribution is 7.85. The van der Waals surface area contributed by atoms with E-state index in [4.69, 9.17) is 13.9 Å². The first-order valence-corrected chi connectivity index (χ1v) is 12.7. The fraction of sp³-hybridized carbons (Fsp3) is 0.810. The van der Waals surface area contributed by atoms with E-state index >= 15 is 0 Å². The fourth-order valence-electron chi connectivity index (χ4n) is 4.31. The second kappa shape index (κ2) is 9.26. The largest absolute Gasteiger partial charge is 0.444 e. The summed E-state index contributed by atoms with van der Waals surface area (Å²) in [5.41, 5.74) is 0.608. The molecule has 9 heteroatoms. The summed E-state index contributed by atoms with van der Waals surface area (Å²) in [6.45, 7) is 7.43. The van der Waals surface area contributed by atoms with Crippen molar-refractivity contribution in [3.63, 3.8) is 0 Å². The molecule has 2 heterocycles. The number of hydrogen-bond acceptors (Lipinski definition) is 6. The lowest BCUT2D eigenvalue weighted by atomic mass is 9.96. The van der Waals surface area contributed by atoms with Gasteiger partial charge in [-0.25, -0.2) is 9.78 Å². The molecular formula is C21H35N3O5S. The molecule has 3 rings (SSSR count). The van der Waals surface area contributed by atoms with Crippen LogP contribution in [0.2, 0.25) is 0 Å². The van der Waals surface area contributed by atoms with Crippen molar-refractivity contribution < 1.29 is 22.1 Å². The Morgan fingerprint density at radius 3 is 2.33 bits per heavy atom. The number of amides is 1. The van der Waals surface area contributed by atoms with Crippen LogP contribution >= 0.6 is 0 Å². The Morgan fingerprint density at radius 2 is 1.77 bits per heavy atom. The standard InChI is InChI=1S/C21H35N3O5S/c1-21(2,3)29-20(25)23-11-9-17(10-12-23)19-22-18(16-7-5-6-8-16)15-24(19)13-14-28-30(4,26)27/h15-17H,5-14H2,1-4H3. The molecule has 0 bridgehead atoms. The second-order valence-corrected chi connectivity index (χ2v) is 11.1. The number of piperidine rings is 1. The molecule has 0 N–H and O–H groups in total. The molecule has 170 valence electrons. The summed E-state index contributed by atoms with van der Waals surface area (Å²) in [5, 5.41) is 0. The monoisotopic (exact) mass is 441 g/mol. The highest BCUT2D eigenvalue weighted by atomic mass is 32.2. The number of aromatic nitrogens is 2. The summed E-state index contributed by atoms with van der Waals surface area (Å²) in [7, 11) is -3.46. The van der Waals surface area contributed by atoms with Crippen LogP contribution in [0.25, 0.3) is 0 Å². The van der Waals surface area contributed by atoms with Crippen molar-refractivity contribution in [2.24, 2.45) is 0 Å². The average molecular weight is 442 g/mol. The normalized spacial score (nSPS) is 19.4. The van der Waals surface area contributed by atoms with Gasteiger partial charge >= 0.3 is 6.09 Å². The Kier molecular flexibility index (Phi) is 7.12. The first kappa shape index (κ1) is 23.1. The molecule has 1 aromatic rings. The van der Waals surface area contributed by atoms with Gasteiger partial charge in [0.25, 0.3) is 10.1 Å². The van der Waals surface area contributed by atoms with Gasteiger partial charge in [-0.15, -0.1) is 0 Å². The van der Waals surface area contributed by atoms with Crippen LogP contribution in [0.1, 0.15) is 82.7 Å². The molecule has 1 saturated carbocycles. The van der Waals surface area contributed by atoms with E-state index in [0.717, 1.165) is 43.5 Å². The first-order chi connectivity index (χ1) is 14.0. The zero-order valence-corrected chi connectivity index (χ0v) is 19.4. The number of rotatable bonds is 6. The van der Waals surface area contributed by atoms with E-state index in [9.17, 15) is 13.2 Å². The minimum Gasteiger partial charge on any atom is -0.444 e. The first-order valence-electron chi connectivity index (χ1n) is 10.9. The SMILES string of the molecule is CC(C)(C)OC(=O)N1CCC(c2nc(C3CCCC3)cn2CCOS(C)(=O)=O)CC1. The minimum atomic E-state index is -3.46. The summed E-state index contributed by atoms with van der Waals surface area (Å²) < 4.78 is 35.2. The number of nitrogens with zero attached hydrogens (tertiary/aromatic N) is 3. The quantitative estimate of drug-likeness (QED) is 0.626. The van der Waals surface area contributed by atoms with Gasteiger partial charge in [-0.1, -0.05) is 12.8 Å². The van der Waals surface area contributed by atoms with E-state index in [1.807, 2.05) is 20.8 Å². The number of carbonyl (C=O) groups excluding carboxylic acids is 1. The van der Waals surface area contributed by atoms with Crippen molar-refractivity contribution in [1.82, 2.24) is 14.5 Å². The summed E-state index contributed by atoms with van der Waals surface area (Å²) in [6, 6.07) is 0. The predicted molar refractivity (Wildman–Crippen MR) is 114 cm³/mol. The van der Waals surface area contributed by atoms with Crippen LogP contribution < -0.4 is 0 Å². The van der Waals surface area contributed by atoms with Crippen LogP contribution in [-0.2, 0) is 25.6 Å². The van der Waals surface area contributed by atoms with E-state index in [-0.39, 0.29) is 18.6 Å². The molecule has 1 aliphatic heterocycles. The molecule has 1 amide bonds. The summed E-state index contributed by atoms with van der Waals surface area (Å²) >= 11 is 0. The predicted octanol–water partition coefficient (Wildman–Crippen LogP) is 3.63. The van der Waals surface area contributed by atoms with Crippen LogP contribution in [0.3, 0.4) is 0 Å². The third kappa shape index (κ3) is 6.44. The highest BCUT2D eigenvalue weighted by Gasteiger charge is 2.31. The number of carbonyl (C=O) groups is 1. The van der Waals surface area contributed by atoms with Crippen molar-refractivity contribution in [3.05, 3.63) is 17.7 Å². The third-order valence-corrected chi connectivity index (χ3v) is 6.34. The van der Waals surface area contributed by atoms with Crippen LogP contribution in [0.5, 0.6) is 0 Å². The molecule has 1 aromatic heterocycles. The topological polar surface area (TPSA) is 90.7 Å². The number of hydrogen-bond donors (Lipinski definition) is 0. The van der Waals surface area contributed by atoms with E-state index in [1.165, 1.54) is 12.8 Å². The molecule has 8 nitrogen and oxygen atoms in total. The van der Waals surface area contributed by atoms with Gasteiger partial charge in [-0.05, 0) is 46.5 Å². The number of likely N-dealkylation sites (tertiary alicyclic amines) is 1. The molecule has 1 aliphatic carbocycles. The zero-order chi connectivity index (χ0) is 21.9. The fourth-order valence-corrected chi connectivity index (χ4v) is 4.69. The maximum absolute atomic E-state index is 12.3. The van der Waals surface area contributed by atoms with Crippen LogP contribution in [0, 0.1) is 0 Å². The molecule has 2 fully saturated rings. The maximum atomic E-state index is 12.3. The Hall–Kier alpha value is -1.61. The number of imidazole rings is 1. The maximum Gasteiger partial charge on any atom is 0.410 e. The molecular weight excluding hydrogens is 406 g/mol. The summed E-state index contributed by atoms with van der Waals surface area (Å²) in [6.07, 6.45) is 9.30. The minimum absolute atomic E-state index is 0.100. The Bertz CT molecular complexity index is 829. The molecule has 1 saturated heterocycles.